The lowest BCUT2D eigenvalue weighted by Gasteiger charge is -2.14. The number of nitrogens with zero attached hydrogens (tertiary/aromatic N) is 1. The Morgan fingerprint density at radius 1 is 1.56 bits per heavy atom. The summed E-state index contributed by atoms with van der Waals surface area (Å²) in [4.78, 5) is 14.3. The zero-order chi connectivity index (χ0) is 13.9. The largest absolute Gasteiger partial charge is 0.574 e. The summed E-state index contributed by atoms with van der Waals surface area (Å²) >= 11 is 5.47. The van der Waals surface area contributed by atoms with Gasteiger partial charge in [0.1, 0.15) is 5.56 Å². The Labute approximate surface area is 104 Å². The van der Waals surface area contributed by atoms with E-state index in [4.69, 9.17) is 16.7 Å². The number of carbonyl (C=O) groups is 1. The van der Waals surface area contributed by atoms with Crippen molar-refractivity contribution in [3.05, 3.63) is 17.3 Å². The van der Waals surface area contributed by atoms with Crippen LogP contribution in [-0.4, -0.2) is 29.5 Å². The highest BCUT2D eigenvalue weighted by atomic mass is 35.5. The first kappa shape index (κ1) is 14.4. The van der Waals surface area contributed by atoms with Gasteiger partial charge in [-0.25, -0.2) is 9.78 Å². The third-order valence-electron chi connectivity index (χ3n) is 1.85. The number of pyridine rings is 1. The van der Waals surface area contributed by atoms with Crippen LogP contribution in [0, 0.1) is 0 Å². The number of aromatic nitrogens is 1. The van der Waals surface area contributed by atoms with Crippen LogP contribution in [0.4, 0.5) is 13.2 Å². The number of hydrogen-bond donors (Lipinski definition) is 1. The number of aromatic carboxylic acids is 1. The van der Waals surface area contributed by atoms with Gasteiger partial charge in [-0.15, -0.1) is 24.8 Å². The molecule has 0 fully saturated rings. The number of halogens is 4. The third-order valence-corrected chi connectivity index (χ3v) is 2.14. The van der Waals surface area contributed by atoms with Gasteiger partial charge >= 0.3 is 12.3 Å². The van der Waals surface area contributed by atoms with Crippen molar-refractivity contribution in [2.75, 3.05) is 7.11 Å². The molecule has 0 atom stereocenters. The molecule has 18 heavy (non-hydrogen) atoms. The highest BCUT2D eigenvalue weighted by Gasteiger charge is 2.35. The van der Waals surface area contributed by atoms with Crippen LogP contribution in [0.3, 0.4) is 0 Å². The Kier molecular flexibility index (Phi) is 4.23. The number of carboxylic acid groups (broad SMARTS) is 1. The van der Waals surface area contributed by atoms with Gasteiger partial charge in [-0.05, 0) is 0 Å². The average molecular weight is 286 g/mol. The van der Waals surface area contributed by atoms with Crippen molar-refractivity contribution in [2.24, 2.45) is 0 Å². The van der Waals surface area contributed by atoms with E-state index in [1.807, 2.05) is 0 Å². The molecular formula is C9H7ClF3NO4. The molecule has 0 spiro atoms. The van der Waals surface area contributed by atoms with E-state index in [0.717, 1.165) is 13.3 Å². The van der Waals surface area contributed by atoms with E-state index in [2.05, 4.69) is 14.5 Å². The lowest BCUT2D eigenvalue weighted by molar-refractivity contribution is -0.276. The summed E-state index contributed by atoms with van der Waals surface area (Å²) in [6, 6.07) is 0. The molecule has 1 aromatic rings. The number of hydrogen-bond acceptors (Lipinski definition) is 4. The van der Waals surface area contributed by atoms with Crippen LogP contribution >= 0.6 is 11.6 Å². The quantitative estimate of drug-likeness (QED) is 0.861. The molecule has 5 nitrogen and oxygen atoms in total. The molecule has 0 unspecified atom stereocenters. The standard InChI is InChI=1S/C9H7ClF3NO4/c1-17-6-5(8(15)16)4(2-10)3-14-7(6)18-9(11,12)13/h3H,2H2,1H3,(H,15,16). The highest BCUT2D eigenvalue weighted by molar-refractivity contribution is 6.17. The minimum Gasteiger partial charge on any atom is -0.491 e. The molecule has 0 amide bonds. The van der Waals surface area contributed by atoms with E-state index in [9.17, 15) is 18.0 Å². The molecule has 0 aliphatic heterocycles. The molecule has 0 bridgehead atoms. The highest BCUT2D eigenvalue weighted by Crippen LogP contribution is 2.35. The second kappa shape index (κ2) is 5.30. The van der Waals surface area contributed by atoms with Crippen LogP contribution in [0.15, 0.2) is 6.20 Å². The van der Waals surface area contributed by atoms with E-state index < -0.39 is 29.5 Å². The maximum atomic E-state index is 12.1. The molecule has 1 aromatic heterocycles. The molecule has 100 valence electrons. The fourth-order valence-corrected chi connectivity index (χ4v) is 1.42. The fraction of sp³-hybridized carbons (Fsp3) is 0.333. The van der Waals surface area contributed by atoms with Gasteiger partial charge in [0.2, 0.25) is 0 Å². The smallest absolute Gasteiger partial charge is 0.491 e. The van der Waals surface area contributed by atoms with Gasteiger partial charge in [0, 0.05) is 17.6 Å². The van der Waals surface area contributed by atoms with Gasteiger partial charge in [-0.1, -0.05) is 0 Å². The van der Waals surface area contributed by atoms with Crippen molar-refractivity contribution in [3.8, 4) is 11.6 Å². The number of carboxylic acids is 1. The number of ether oxygens (including phenoxy) is 2. The third kappa shape index (κ3) is 3.16. The van der Waals surface area contributed by atoms with E-state index in [0.29, 0.717) is 0 Å². The molecule has 9 heteroatoms. The van der Waals surface area contributed by atoms with Crippen LogP contribution < -0.4 is 9.47 Å². The lowest BCUT2D eigenvalue weighted by Crippen LogP contribution is -2.19. The van der Waals surface area contributed by atoms with Crippen molar-refractivity contribution >= 4 is 17.6 Å². The SMILES string of the molecule is COc1c(OC(F)(F)F)ncc(CCl)c1C(=O)O. The van der Waals surface area contributed by atoms with Crippen LogP contribution in [0.25, 0.3) is 0 Å². The monoisotopic (exact) mass is 285 g/mol. The first-order valence-electron chi connectivity index (χ1n) is 4.41. The molecule has 0 aliphatic rings. The van der Waals surface area contributed by atoms with Crippen molar-refractivity contribution in [1.82, 2.24) is 4.98 Å². The molecule has 0 saturated heterocycles. The van der Waals surface area contributed by atoms with E-state index >= 15 is 0 Å². The minimum absolute atomic E-state index is 0.0236. The van der Waals surface area contributed by atoms with Gasteiger partial charge in [0.05, 0.1) is 7.11 Å². The van der Waals surface area contributed by atoms with Gasteiger partial charge in [0.25, 0.3) is 5.88 Å². The minimum atomic E-state index is -5.00. The summed E-state index contributed by atoms with van der Waals surface area (Å²) in [5, 5.41) is 8.93. The Morgan fingerprint density at radius 2 is 2.17 bits per heavy atom. The fourth-order valence-electron chi connectivity index (χ4n) is 1.22. The molecule has 0 aromatic carbocycles. The zero-order valence-corrected chi connectivity index (χ0v) is 9.67. The first-order chi connectivity index (χ1) is 8.30. The lowest BCUT2D eigenvalue weighted by atomic mass is 10.1. The zero-order valence-electron chi connectivity index (χ0n) is 8.92. The summed E-state index contributed by atoms with van der Waals surface area (Å²) < 4.78 is 44.4. The summed E-state index contributed by atoms with van der Waals surface area (Å²) in [7, 11) is 1.00. The Morgan fingerprint density at radius 3 is 2.56 bits per heavy atom. The van der Waals surface area contributed by atoms with Gasteiger partial charge in [-0.3, -0.25) is 0 Å². The van der Waals surface area contributed by atoms with Gasteiger partial charge in [-0.2, -0.15) is 0 Å². The number of methoxy groups -OCH3 is 1. The van der Waals surface area contributed by atoms with E-state index in [1.54, 1.807) is 0 Å². The molecule has 0 aliphatic carbocycles. The normalized spacial score (nSPS) is 11.2. The Balaban J connectivity index is 3.38. The van der Waals surface area contributed by atoms with Gasteiger partial charge in [0.15, 0.2) is 5.75 Å². The summed E-state index contributed by atoms with van der Waals surface area (Å²) in [5.41, 5.74) is -0.489. The maximum absolute atomic E-state index is 12.1. The van der Waals surface area contributed by atoms with Crippen LogP contribution in [0.2, 0.25) is 0 Å². The number of alkyl halides is 4. The molecule has 1 heterocycles. The van der Waals surface area contributed by atoms with E-state index in [-0.39, 0.29) is 11.4 Å². The summed E-state index contributed by atoms with van der Waals surface area (Å²) in [5.74, 6) is -3.33. The second-order valence-electron chi connectivity index (χ2n) is 2.98. The molecule has 0 saturated carbocycles. The first-order valence-corrected chi connectivity index (χ1v) is 4.94. The van der Waals surface area contributed by atoms with Crippen LogP contribution in [-0.2, 0) is 5.88 Å². The molecule has 0 radical (unpaired) electrons. The molecular weight excluding hydrogens is 279 g/mol. The van der Waals surface area contributed by atoms with Crippen molar-refractivity contribution in [3.63, 3.8) is 0 Å². The van der Waals surface area contributed by atoms with Crippen LogP contribution in [0.1, 0.15) is 15.9 Å². The topological polar surface area (TPSA) is 68.7 Å². The predicted molar refractivity (Wildman–Crippen MR) is 54.0 cm³/mol. The van der Waals surface area contributed by atoms with Crippen molar-refractivity contribution in [1.29, 1.82) is 0 Å². The Bertz CT molecular complexity index is 464. The second-order valence-corrected chi connectivity index (χ2v) is 3.25. The maximum Gasteiger partial charge on any atom is 0.574 e. The van der Waals surface area contributed by atoms with Crippen molar-refractivity contribution in [2.45, 2.75) is 12.2 Å². The molecule has 1 rings (SSSR count). The van der Waals surface area contributed by atoms with E-state index in [1.165, 1.54) is 0 Å². The van der Waals surface area contributed by atoms with Gasteiger partial charge < -0.3 is 14.6 Å². The summed E-state index contributed by atoms with van der Waals surface area (Å²) in [6.45, 7) is 0. The number of rotatable bonds is 4. The molecule has 1 N–H and O–H groups in total. The van der Waals surface area contributed by atoms with Crippen LogP contribution in [0.5, 0.6) is 11.6 Å². The summed E-state index contributed by atoms with van der Waals surface area (Å²) in [6.07, 6.45) is -4.11. The average Bonchev–Trinajstić information content (AvgIpc) is 2.26. The van der Waals surface area contributed by atoms with Crippen molar-refractivity contribution < 1.29 is 32.5 Å². The Hall–Kier alpha value is -1.70. The predicted octanol–water partition coefficient (Wildman–Crippen LogP) is 2.43.